The molecule has 4 heterocycles. The molecule has 0 fully saturated rings. The maximum Gasteiger partial charge on any atom is 0.159 e. The highest BCUT2D eigenvalue weighted by molar-refractivity contribution is 7.26. The van der Waals surface area contributed by atoms with Crippen LogP contribution in [0.1, 0.15) is 22.9 Å². The standard InChI is InChI=1S/C45H28N4S2/c1-2-11-27(12-3-1)43-46-44(48-45(47-43)35-17-10-16-34-32-14-5-9-20-40(32)51-42(34)35)28-21-23-31-30-13-4-7-18-37(30)49(38(31)25-28)29-22-24-41-36(26-29)33-15-6-8-19-39(33)50-41/h1-26,45H,(H,46,47,48). The third-order valence-corrected chi connectivity index (χ3v) is 12.5. The van der Waals surface area contributed by atoms with Crippen LogP contribution in [0.25, 0.3) is 67.8 Å². The van der Waals surface area contributed by atoms with Gasteiger partial charge >= 0.3 is 0 Å². The van der Waals surface area contributed by atoms with Crippen molar-refractivity contribution >= 4 is 96.5 Å². The second kappa shape index (κ2) is 11.2. The minimum absolute atomic E-state index is 0.305. The lowest BCUT2D eigenvalue weighted by molar-refractivity contribution is 0.680. The van der Waals surface area contributed by atoms with Gasteiger partial charge in [0.05, 0.1) is 11.0 Å². The Hall–Kier alpha value is -6.08. The Morgan fingerprint density at radius 1 is 0.490 bits per heavy atom. The molecule has 1 N–H and O–H groups in total. The summed E-state index contributed by atoms with van der Waals surface area (Å²) in [5.74, 6) is 1.54. The van der Waals surface area contributed by atoms with Gasteiger partial charge in [-0.2, -0.15) is 0 Å². The smallest absolute Gasteiger partial charge is 0.159 e. The van der Waals surface area contributed by atoms with Crippen molar-refractivity contribution in [2.45, 2.75) is 6.17 Å². The first-order valence-corrected chi connectivity index (χ1v) is 18.7. The first kappa shape index (κ1) is 28.7. The van der Waals surface area contributed by atoms with Crippen molar-refractivity contribution in [2.75, 3.05) is 0 Å². The Bertz CT molecular complexity index is 3070. The molecule has 4 nitrogen and oxygen atoms in total. The van der Waals surface area contributed by atoms with Gasteiger partial charge in [0.1, 0.15) is 12.0 Å². The molecule has 0 amide bonds. The molecule has 1 aliphatic heterocycles. The lowest BCUT2D eigenvalue weighted by Crippen LogP contribution is -2.33. The van der Waals surface area contributed by atoms with Gasteiger partial charge in [-0.15, -0.1) is 22.7 Å². The van der Waals surface area contributed by atoms with Crippen LogP contribution in [0, 0.1) is 0 Å². The number of hydrogen-bond acceptors (Lipinski definition) is 5. The molecule has 7 aromatic carbocycles. The van der Waals surface area contributed by atoms with Crippen LogP contribution >= 0.6 is 22.7 Å². The van der Waals surface area contributed by atoms with Crippen molar-refractivity contribution in [3.8, 4) is 5.69 Å². The summed E-state index contributed by atoms with van der Waals surface area (Å²) < 4.78 is 7.54. The number of aromatic nitrogens is 1. The molecule has 240 valence electrons. The average Bonchev–Trinajstić information content (AvgIpc) is 3.87. The van der Waals surface area contributed by atoms with Crippen LogP contribution in [0.5, 0.6) is 0 Å². The first-order valence-electron chi connectivity index (χ1n) is 17.1. The minimum Gasteiger partial charge on any atom is -0.344 e. The Balaban J connectivity index is 1.12. The molecule has 1 atom stereocenters. The molecule has 11 rings (SSSR count). The number of nitrogens with one attached hydrogen (secondary N) is 1. The molecule has 1 aliphatic rings. The topological polar surface area (TPSA) is 41.7 Å². The molecule has 0 spiro atoms. The van der Waals surface area contributed by atoms with Crippen molar-refractivity contribution < 1.29 is 0 Å². The van der Waals surface area contributed by atoms with E-state index >= 15 is 0 Å². The van der Waals surface area contributed by atoms with Crippen LogP contribution in [0.3, 0.4) is 0 Å². The zero-order valence-electron chi connectivity index (χ0n) is 27.2. The van der Waals surface area contributed by atoms with Gasteiger partial charge in [-0.1, -0.05) is 115 Å². The van der Waals surface area contributed by atoms with Crippen molar-refractivity contribution in [1.29, 1.82) is 0 Å². The van der Waals surface area contributed by atoms with Crippen LogP contribution < -0.4 is 5.32 Å². The highest BCUT2D eigenvalue weighted by Crippen LogP contribution is 2.40. The third-order valence-electron chi connectivity index (χ3n) is 10.1. The summed E-state index contributed by atoms with van der Waals surface area (Å²) in [5, 5.41) is 11.3. The number of hydrogen-bond donors (Lipinski definition) is 1. The van der Waals surface area contributed by atoms with E-state index in [1.165, 1.54) is 56.6 Å². The Labute approximate surface area is 301 Å². The maximum absolute atomic E-state index is 5.37. The molecule has 0 radical (unpaired) electrons. The Morgan fingerprint density at radius 2 is 1.18 bits per heavy atom. The average molecular weight is 689 g/mol. The number of nitrogens with zero attached hydrogens (tertiary/aromatic N) is 3. The number of thiophene rings is 2. The third kappa shape index (κ3) is 4.50. The van der Waals surface area contributed by atoms with Crippen LogP contribution in [-0.4, -0.2) is 16.2 Å². The molecule has 0 aliphatic carbocycles. The van der Waals surface area contributed by atoms with Gasteiger partial charge in [0.25, 0.3) is 0 Å². The molecule has 0 saturated carbocycles. The molecule has 10 aromatic rings. The van der Waals surface area contributed by atoms with Crippen molar-refractivity contribution in [3.63, 3.8) is 0 Å². The fraction of sp³-hybridized carbons (Fsp3) is 0.0222. The van der Waals surface area contributed by atoms with Crippen LogP contribution in [-0.2, 0) is 0 Å². The van der Waals surface area contributed by atoms with E-state index < -0.39 is 0 Å². The predicted molar refractivity (Wildman–Crippen MR) is 218 cm³/mol. The van der Waals surface area contributed by atoms with Gasteiger partial charge in [-0.05, 0) is 42.5 Å². The van der Waals surface area contributed by atoms with E-state index in [4.69, 9.17) is 9.98 Å². The van der Waals surface area contributed by atoms with E-state index in [9.17, 15) is 0 Å². The molecule has 0 bridgehead atoms. The first-order chi connectivity index (χ1) is 25.3. The lowest BCUT2D eigenvalue weighted by atomic mass is 10.1. The fourth-order valence-corrected chi connectivity index (χ4v) is 10.0. The molecule has 0 saturated heterocycles. The second-order valence-electron chi connectivity index (χ2n) is 13.0. The van der Waals surface area contributed by atoms with Gasteiger partial charge in [0, 0.05) is 73.5 Å². The second-order valence-corrected chi connectivity index (χ2v) is 15.1. The van der Waals surface area contributed by atoms with E-state index in [-0.39, 0.29) is 6.17 Å². The van der Waals surface area contributed by atoms with Crippen LogP contribution in [0.4, 0.5) is 0 Å². The predicted octanol–water partition coefficient (Wildman–Crippen LogP) is 12.0. The summed E-state index contributed by atoms with van der Waals surface area (Å²) >= 11 is 3.68. The summed E-state index contributed by atoms with van der Waals surface area (Å²) in [4.78, 5) is 10.6. The van der Waals surface area contributed by atoms with Gasteiger partial charge in [-0.3, -0.25) is 0 Å². The number of amidine groups is 2. The van der Waals surface area contributed by atoms with E-state index in [1.807, 2.05) is 28.7 Å². The zero-order valence-corrected chi connectivity index (χ0v) is 28.9. The van der Waals surface area contributed by atoms with E-state index in [1.54, 1.807) is 0 Å². The summed E-state index contributed by atoms with van der Waals surface area (Å²) in [7, 11) is 0. The van der Waals surface area contributed by atoms with Crippen LogP contribution in [0.15, 0.2) is 168 Å². The zero-order chi connectivity index (χ0) is 33.5. The van der Waals surface area contributed by atoms with Crippen LogP contribution in [0.2, 0.25) is 0 Å². The van der Waals surface area contributed by atoms with E-state index in [0.29, 0.717) is 5.84 Å². The van der Waals surface area contributed by atoms with E-state index in [0.717, 1.165) is 33.7 Å². The monoisotopic (exact) mass is 688 g/mol. The van der Waals surface area contributed by atoms with Crippen molar-refractivity contribution in [3.05, 3.63) is 174 Å². The van der Waals surface area contributed by atoms with Gasteiger partial charge in [0.2, 0.25) is 0 Å². The molecule has 51 heavy (non-hydrogen) atoms. The minimum atomic E-state index is -0.305. The number of benzene rings is 7. The van der Waals surface area contributed by atoms with Gasteiger partial charge in [0.15, 0.2) is 5.84 Å². The number of rotatable bonds is 4. The number of para-hydroxylation sites is 1. The van der Waals surface area contributed by atoms with Crippen molar-refractivity contribution in [1.82, 2.24) is 9.88 Å². The highest BCUT2D eigenvalue weighted by Gasteiger charge is 2.24. The summed E-state index contributed by atoms with van der Waals surface area (Å²) in [6, 6.07) is 56.6. The van der Waals surface area contributed by atoms with E-state index in [2.05, 4.69) is 162 Å². The summed E-state index contributed by atoms with van der Waals surface area (Å²) in [6.45, 7) is 0. The summed E-state index contributed by atoms with van der Waals surface area (Å²) in [5.41, 5.74) is 6.62. The highest BCUT2D eigenvalue weighted by atomic mass is 32.1. The van der Waals surface area contributed by atoms with Gasteiger partial charge < -0.3 is 9.88 Å². The Morgan fingerprint density at radius 3 is 2.04 bits per heavy atom. The fourth-order valence-electron chi connectivity index (χ4n) is 7.71. The molecule has 6 heteroatoms. The summed E-state index contributed by atoms with van der Waals surface area (Å²) in [6.07, 6.45) is -0.305. The van der Waals surface area contributed by atoms with Crippen molar-refractivity contribution in [2.24, 2.45) is 9.98 Å². The molecule has 3 aromatic heterocycles. The lowest BCUT2D eigenvalue weighted by Gasteiger charge is -2.24. The SMILES string of the molecule is c1ccc(C2=NC(c3ccc4c5ccccc5n(-c5ccc6sc7ccccc7c6c5)c4c3)=NC(c3cccc4c3sc3ccccc34)N2)cc1. The Kier molecular flexibility index (Phi) is 6.32. The van der Waals surface area contributed by atoms with Gasteiger partial charge in [-0.25, -0.2) is 9.98 Å². The maximum atomic E-state index is 5.37. The molecular weight excluding hydrogens is 661 g/mol. The largest absolute Gasteiger partial charge is 0.344 e. The normalized spacial score (nSPS) is 14.9. The number of fused-ring (bicyclic) bond motifs is 9. The molecular formula is C45H28N4S2. The number of aliphatic imine (C=N–C) groups is 2. The quantitative estimate of drug-likeness (QED) is 0.196. The molecule has 1 unspecified atom stereocenters.